The molecule has 5 nitrogen and oxygen atoms in total. The Morgan fingerprint density at radius 1 is 1.39 bits per heavy atom. The molecule has 0 spiro atoms. The van der Waals surface area contributed by atoms with E-state index in [2.05, 4.69) is 22.2 Å². The van der Waals surface area contributed by atoms with Crippen molar-refractivity contribution >= 4 is 23.4 Å². The van der Waals surface area contributed by atoms with Crippen LogP contribution in [0.15, 0.2) is 29.6 Å². The van der Waals surface area contributed by atoms with Crippen LogP contribution in [0.2, 0.25) is 0 Å². The molecule has 1 amide bonds. The highest BCUT2D eigenvalue weighted by molar-refractivity contribution is 7.98. The molecule has 6 heteroatoms. The van der Waals surface area contributed by atoms with Crippen molar-refractivity contribution in [3.05, 3.63) is 41.2 Å². The number of carbonyl (C=O) groups excluding carboxylic acids is 1. The van der Waals surface area contributed by atoms with E-state index in [1.54, 1.807) is 13.3 Å². The van der Waals surface area contributed by atoms with E-state index in [4.69, 9.17) is 4.74 Å². The highest BCUT2D eigenvalue weighted by Gasteiger charge is 2.16. The second kappa shape index (κ2) is 7.97. The van der Waals surface area contributed by atoms with E-state index in [0.717, 1.165) is 24.1 Å². The van der Waals surface area contributed by atoms with Crippen LogP contribution in [0.4, 0.5) is 5.69 Å². The van der Waals surface area contributed by atoms with Gasteiger partial charge in [-0.1, -0.05) is 31.2 Å². The molecule has 0 saturated carbocycles. The summed E-state index contributed by atoms with van der Waals surface area (Å²) in [4.78, 5) is 21.3. The van der Waals surface area contributed by atoms with Gasteiger partial charge in [-0.2, -0.15) is 0 Å². The molecule has 0 atom stereocenters. The van der Waals surface area contributed by atoms with E-state index >= 15 is 0 Å². The SMILES string of the molecule is CCCc1nc(SC)ncc1C(=O)Nc1cc(C)ccc1OC. The van der Waals surface area contributed by atoms with E-state index in [-0.39, 0.29) is 5.91 Å². The van der Waals surface area contributed by atoms with Gasteiger partial charge in [0.05, 0.1) is 24.1 Å². The van der Waals surface area contributed by atoms with Gasteiger partial charge in [-0.25, -0.2) is 9.97 Å². The summed E-state index contributed by atoms with van der Waals surface area (Å²) >= 11 is 1.47. The fourth-order valence-electron chi connectivity index (χ4n) is 2.22. The van der Waals surface area contributed by atoms with Gasteiger partial charge in [0.1, 0.15) is 5.75 Å². The Bertz CT molecular complexity index is 704. The molecule has 2 aromatic rings. The third-order valence-electron chi connectivity index (χ3n) is 3.36. The van der Waals surface area contributed by atoms with Crippen molar-refractivity contribution in [2.24, 2.45) is 0 Å². The molecular weight excluding hydrogens is 310 g/mol. The molecule has 2 rings (SSSR count). The Morgan fingerprint density at radius 3 is 2.83 bits per heavy atom. The number of methoxy groups -OCH3 is 1. The van der Waals surface area contributed by atoms with Crippen LogP contribution < -0.4 is 10.1 Å². The average molecular weight is 331 g/mol. The van der Waals surface area contributed by atoms with Crippen LogP contribution >= 0.6 is 11.8 Å². The van der Waals surface area contributed by atoms with Crippen molar-refractivity contribution < 1.29 is 9.53 Å². The fourth-order valence-corrected chi connectivity index (χ4v) is 2.58. The number of benzene rings is 1. The maximum atomic E-state index is 12.6. The summed E-state index contributed by atoms with van der Waals surface area (Å²) in [6.45, 7) is 4.03. The minimum absolute atomic E-state index is 0.218. The Hall–Kier alpha value is -2.08. The molecule has 0 saturated heterocycles. The van der Waals surface area contributed by atoms with Crippen LogP contribution in [-0.2, 0) is 6.42 Å². The van der Waals surface area contributed by atoms with Gasteiger partial charge in [-0.15, -0.1) is 0 Å². The summed E-state index contributed by atoms with van der Waals surface area (Å²) < 4.78 is 5.30. The zero-order valence-corrected chi connectivity index (χ0v) is 14.7. The second-order valence-corrected chi connectivity index (χ2v) is 5.90. The standard InChI is InChI=1S/C17H21N3O2S/c1-5-6-13-12(10-18-17(20-13)23-4)16(21)19-14-9-11(2)7-8-15(14)22-3/h7-10H,5-6H2,1-4H3,(H,19,21). The van der Waals surface area contributed by atoms with E-state index in [9.17, 15) is 4.79 Å². The van der Waals surface area contributed by atoms with Crippen LogP contribution in [0.25, 0.3) is 0 Å². The second-order valence-electron chi connectivity index (χ2n) is 5.12. The zero-order valence-electron chi connectivity index (χ0n) is 13.8. The number of thioether (sulfide) groups is 1. The zero-order chi connectivity index (χ0) is 16.8. The molecule has 0 unspecified atom stereocenters. The van der Waals surface area contributed by atoms with Crippen molar-refractivity contribution in [3.63, 3.8) is 0 Å². The molecule has 0 radical (unpaired) electrons. The molecule has 122 valence electrons. The van der Waals surface area contributed by atoms with E-state index in [1.807, 2.05) is 31.4 Å². The van der Waals surface area contributed by atoms with Crippen molar-refractivity contribution in [2.75, 3.05) is 18.7 Å². The monoisotopic (exact) mass is 331 g/mol. The predicted molar refractivity (Wildman–Crippen MR) is 93.5 cm³/mol. The molecule has 0 bridgehead atoms. The van der Waals surface area contributed by atoms with Crippen molar-refractivity contribution in [1.29, 1.82) is 0 Å². The summed E-state index contributed by atoms with van der Waals surface area (Å²) in [5.41, 5.74) is 2.97. The molecule has 0 fully saturated rings. The largest absolute Gasteiger partial charge is 0.495 e. The molecule has 0 aliphatic rings. The Balaban J connectivity index is 2.32. The first-order valence-electron chi connectivity index (χ1n) is 7.45. The maximum Gasteiger partial charge on any atom is 0.259 e. The number of hydrogen-bond acceptors (Lipinski definition) is 5. The fraction of sp³-hybridized carbons (Fsp3) is 0.353. The number of aromatic nitrogens is 2. The normalized spacial score (nSPS) is 10.4. The lowest BCUT2D eigenvalue weighted by molar-refractivity contribution is 0.102. The minimum atomic E-state index is -0.218. The lowest BCUT2D eigenvalue weighted by atomic mass is 10.1. The third kappa shape index (κ3) is 4.22. The molecular formula is C17H21N3O2S. The Labute approximate surface area is 140 Å². The van der Waals surface area contributed by atoms with Crippen LogP contribution in [0, 0.1) is 6.92 Å². The molecule has 0 aliphatic heterocycles. The molecule has 1 N–H and O–H groups in total. The maximum absolute atomic E-state index is 12.6. The molecule has 1 aromatic carbocycles. The van der Waals surface area contributed by atoms with Gasteiger partial charge in [0.25, 0.3) is 5.91 Å². The summed E-state index contributed by atoms with van der Waals surface area (Å²) in [5.74, 6) is 0.410. The van der Waals surface area contributed by atoms with Crippen molar-refractivity contribution in [1.82, 2.24) is 9.97 Å². The van der Waals surface area contributed by atoms with Crippen LogP contribution in [0.3, 0.4) is 0 Å². The van der Waals surface area contributed by atoms with Gasteiger partial charge in [0.15, 0.2) is 5.16 Å². The van der Waals surface area contributed by atoms with Crippen LogP contribution in [-0.4, -0.2) is 29.2 Å². The van der Waals surface area contributed by atoms with Gasteiger partial charge in [0, 0.05) is 6.20 Å². The summed E-state index contributed by atoms with van der Waals surface area (Å²) in [6.07, 6.45) is 5.17. The number of amides is 1. The summed E-state index contributed by atoms with van der Waals surface area (Å²) in [5, 5.41) is 3.58. The lowest BCUT2D eigenvalue weighted by Crippen LogP contribution is -2.17. The lowest BCUT2D eigenvalue weighted by Gasteiger charge is -2.13. The van der Waals surface area contributed by atoms with E-state index in [1.165, 1.54) is 11.8 Å². The van der Waals surface area contributed by atoms with Gasteiger partial charge in [-0.05, 0) is 37.3 Å². The Kier molecular flexibility index (Phi) is 5.98. The van der Waals surface area contributed by atoms with Gasteiger partial charge < -0.3 is 10.1 Å². The number of rotatable bonds is 6. The van der Waals surface area contributed by atoms with Gasteiger partial charge in [0.2, 0.25) is 0 Å². The first-order chi connectivity index (χ1) is 11.1. The molecule has 1 heterocycles. The van der Waals surface area contributed by atoms with E-state index in [0.29, 0.717) is 22.2 Å². The predicted octanol–water partition coefficient (Wildman–Crippen LogP) is 3.72. The van der Waals surface area contributed by atoms with Crippen LogP contribution in [0.1, 0.15) is 35.0 Å². The Morgan fingerprint density at radius 2 is 2.17 bits per heavy atom. The number of anilines is 1. The smallest absolute Gasteiger partial charge is 0.259 e. The van der Waals surface area contributed by atoms with Crippen LogP contribution in [0.5, 0.6) is 5.75 Å². The number of nitrogens with one attached hydrogen (secondary N) is 1. The number of hydrogen-bond donors (Lipinski definition) is 1. The molecule has 1 aromatic heterocycles. The quantitative estimate of drug-likeness (QED) is 0.645. The van der Waals surface area contributed by atoms with Gasteiger partial charge >= 0.3 is 0 Å². The molecule has 23 heavy (non-hydrogen) atoms. The number of carbonyl (C=O) groups is 1. The van der Waals surface area contributed by atoms with Gasteiger partial charge in [-0.3, -0.25) is 4.79 Å². The average Bonchev–Trinajstić information content (AvgIpc) is 2.55. The molecule has 0 aliphatic carbocycles. The summed E-state index contributed by atoms with van der Waals surface area (Å²) in [7, 11) is 1.58. The highest BCUT2D eigenvalue weighted by atomic mass is 32.2. The van der Waals surface area contributed by atoms with E-state index < -0.39 is 0 Å². The first-order valence-corrected chi connectivity index (χ1v) is 8.67. The highest BCUT2D eigenvalue weighted by Crippen LogP contribution is 2.26. The number of nitrogens with zero attached hydrogens (tertiary/aromatic N) is 2. The number of aryl methyl sites for hydroxylation is 2. The third-order valence-corrected chi connectivity index (χ3v) is 3.92. The topological polar surface area (TPSA) is 64.1 Å². The summed E-state index contributed by atoms with van der Waals surface area (Å²) in [6, 6.07) is 5.66. The first kappa shape index (κ1) is 17.3. The minimum Gasteiger partial charge on any atom is -0.495 e. The van der Waals surface area contributed by atoms with Crippen molar-refractivity contribution in [2.45, 2.75) is 31.8 Å². The van der Waals surface area contributed by atoms with Crippen molar-refractivity contribution in [3.8, 4) is 5.75 Å². The number of ether oxygens (including phenoxy) is 1.